The average Bonchev–Trinajstić information content (AvgIpc) is 2.99. The fourth-order valence-corrected chi connectivity index (χ4v) is 4.66. The first kappa shape index (κ1) is 17.8. The second-order valence-corrected chi connectivity index (χ2v) is 8.20. The fourth-order valence-electron chi connectivity index (χ4n) is 3.11. The van der Waals surface area contributed by atoms with Crippen LogP contribution in [0.5, 0.6) is 0 Å². The van der Waals surface area contributed by atoms with Crippen molar-refractivity contribution in [3.63, 3.8) is 0 Å². The summed E-state index contributed by atoms with van der Waals surface area (Å²) in [7, 11) is 2.04. The van der Waals surface area contributed by atoms with E-state index < -0.39 is 0 Å². The van der Waals surface area contributed by atoms with Gasteiger partial charge in [-0.15, -0.1) is 11.3 Å². The molecule has 0 radical (unpaired) electrons. The molecule has 1 N–H and O–H groups in total. The molecule has 3 heterocycles. The lowest BCUT2D eigenvalue weighted by Crippen LogP contribution is -2.34. The zero-order valence-corrected chi connectivity index (χ0v) is 16.0. The Bertz CT molecular complexity index is 647. The zero-order chi connectivity index (χ0) is 16.6. The summed E-state index contributed by atoms with van der Waals surface area (Å²) in [5.74, 6) is 1.10. The van der Waals surface area contributed by atoms with Gasteiger partial charge in [0, 0.05) is 28.4 Å². The molecule has 0 aromatic carbocycles. The van der Waals surface area contributed by atoms with Gasteiger partial charge >= 0.3 is 0 Å². The quantitative estimate of drug-likeness (QED) is 0.784. The van der Waals surface area contributed by atoms with Crippen LogP contribution in [0.1, 0.15) is 35.4 Å². The smallest absolute Gasteiger partial charge is 0.123 e. The van der Waals surface area contributed by atoms with Crippen LogP contribution in [0.4, 0.5) is 0 Å². The molecule has 22 heavy (non-hydrogen) atoms. The SMILES string of the molecule is CC(O)C1CC(S)CN1C.Cc1sc2c(C)nc(C)n2c1C. The predicted molar refractivity (Wildman–Crippen MR) is 97.5 cm³/mol. The maximum atomic E-state index is 9.26. The number of aryl methyl sites for hydroxylation is 4. The van der Waals surface area contributed by atoms with Gasteiger partial charge < -0.3 is 5.11 Å². The molecule has 2 aromatic heterocycles. The Labute approximate surface area is 142 Å². The number of thiazole rings is 1. The van der Waals surface area contributed by atoms with E-state index in [1.165, 1.54) is 15.4 Å². The monoisotopic (exact) mass is 341 g/mol. The van der Waals surface area contributed by atoms with E-state index in [1.807, 2.05) is 25.3 Å². The van der Waals surface area contributed by atoms with E-state index in [4.69, 9.17) is 0 Å². The third-order valence-corrected chi connectivity index (χ3v) is 6.04. The third-order valence-electron chi connectivity index (χ3n) is 4.40. The minimum atomic E-state index is -0.220. The number of thiol groups is 1. The first-order valence-electron chi connectivity index (χ1n) is 7.70. The van der Waals surface area contributed by atoms with E-state index in [1.54, 1.807) is 0 Å². The Morgan fingerprint density at radius 2 is 1.95 bits per heavy atom. The van der Waals surface area contributed by atoms with Crippen LogP contribution in [0.15, 0.2) is 0 Å². The maximum absolute atomic E-state index is 9.26. The molecule has 6 heteroatoms. The Kier molecular flexibility index (Phi) is 5.59. The first-order valence-corrected chi connectivity index (χ1v) is 9.03. The van der Waals surface area contributed by atoms with Crippen molar-refractivity contribution < 1.29 is 5.11 Å². The number of likely N-dealkylation sites (tertiary alicyclic amines) is 1. The van der Waals surface area contributed by atoms with E-state index in [9.17, 15) is 5.11 Å². The Hall–Kier alpha value is -0.560. The molecule has 1 fully saturated rings. The van der Waals surface area contributed by atoms with Crippen molar-refractivity contribution in [1.29, 1.82) is 0 Å². The number of rotatable bonds is 1. The van der Waals surface area contributed by atoms with Crippen LogP contribution >= 0.6 is 24.0 Å². The van der Waals surface area contributed by atoms with Gasteiger partial charge in [-0.25, -0.2) is 4.98 Å². The lowest BCUT2D eigenvalue weighted by Gasteiger charge is -2.21. The number of aliphatic hydroxyl groups excluding tert-OH is 1. The number of likely N-dealkylation sites (N-methyl/N-ethyl adjacent to an activating group) is 1. The number of aliphatic hydroxyl groups is 1. The van der Waals surface area contributed by atoms with Crippen molar-refractivity contribution in [2.45, 2.75) is 58.4 Å². The van der Waals surface area contributed by atoms with Gasteiger partial charge in [-0.2, -0.15) is 12.6 Å². The van der Waals surface area contributed by atoms with Crippen molar-refractivity contribution in [2.75, 3.05) is 13.6 Å². The summed E-state index contributed by atoms with van der Waals surface area (Å²) in [5.41, 5.74) is 2.47. The molecule has 1 aliphatic heterocycles. The fraction of sp³-hybridized carbons (Fsp3) is 0.688. The molecular formula is C16H27N3OS2. The molecule has 0 spiro atoms. The Morgan fingerprint density at radius 1 is 1.32 bits per heavy atom. The summed E-state index contributed by atoms with van der Waals surface area (Å²) >= 11 is 6.18. The number of nitrogens with zero attached hydrogens (tertiary/aromatic N) is 3. The number of imidazole rings is 1. The van der Waals surface area contributed by atoms with E-state index >= 15 is 0 Å². The molecule has 4 nitrogen and oxygen atoms in total. The van der Waals surface area contributed by atoms with Gasteiger partial charge in [-0.1, -0.05) is 0 Å². The Morgan fingerprint density at radius 3 is 2.36 bits per heavy atom. The lowest BCUT2D eigenvalue weighted by atomic mass is 10.1. The molecule has 0 bridgehead atoms. The molecule has 0 saturated carbocycles. The largest absolute Gasteiger partial charge is 0.392 e. The standard InChI is InChI=1S/C9H12N2S.C7H15NOS/c1-5-9-11(8(4)10-5)6(2)7(3)12-9;1-5(9)7-3-6(10)4-8(7)2/h1-4H3;5-7,9-10H,3-4H2,1-2H3. The highest BCUT2D eigenvalue weighted by Gasteiger charge is 2.30. The molecule has 2 aromatic rings. The molecule has 0 aliphatic carbocycles. The van der Waals surface area contributed by atoms with Crippen molar-refractivity contribution in [3.8, 4) is 0 Å². The second kappa shape index (κ2) is 6.91. The summed E-state index contributed by atoms with van der Waals surface area (Å²) in [5, 5.41) is 9.71. The maximum Gasteiger partial charge on any atom is 0.123 e. The number of aromatic nitrogens is 2. The van der Waals surface area contributed by atoms with Crippen LogP contribution in [-0.2, 0) is 0 Å². The van der Waals surface area contributed by atoms with E-state index in [2.05, 4.69) is 54.6 Å². The van der Waals surface area contributed by atoms with Crippen LogP contribution in [0.25, 0.3) is 4.83 Å². The summed E-state index contributed by atoms with van der Waals surface area (Å²) in [6, 6.07) is 0.322. The molecule has 3 rings (SSSR count). The Balaban J connectivity index is 0.000000164. The van der Waals surface area contributed by atoms with E-state index in [0.717, 1.165) is 24.5 Å². The van der Waals surface area contributed by atoms with E-state index in [0.29, 0.717) is 11.3 Å². The van der Waals surface area contributed by atoms with Gasteiger partial charge in [0.2, 0.25) is 0 Å². The van der Waals surface area contributed by atoms with Gasteiger partial charge in [0.1, 0.15) is 10.7 Å². The van der Waals surface area contributed by atoms with Crippen LogP contribution in [0.3, 0.4) is 0 Å². The molecular weight excluding hydrogens is 314 g/mol. The molecule has 0 amide bonds. The van der Waals surface area contributed by atoms with Crippen LogP contribution in [0.2, 0.25) is 0 Å². The lowest BCUT2D eigenvalue weighted by molar-refractivity contribution is 0.101. The van der Waals surface area contributed by atoms with Crippen molar-refractivity contribution in [1.82, 2.24) is 14.3 Å². The zero-order valence-electron chi connectivity index (χ0n) is 14.3. The average molecular weight is 342 g/mol. The molecule has 1 aliphatic rings. The minimum Gasteiger partial charge on any atom is -0.392 e. The highest BCUT2D eigenvalue weighted by Crippen LogP contribution is 2.25. The van der Waals surface area contributed by atoms with Crippen LogP contribution < -0.4 is 0 Å². The van der Waals surface area contributed by atoms with Crippen molar-refractivity contribution >= 4 is 28.8 Å². The van der Waals surface area contributed by atoms with Gasteiger partial charge in [-0.3, -0.25) is 9.30 Å². The summed E-state index contributed by atoms with van der Waals surface area (Å²) < 4.78 is 2.23. The third kappa shape index (κ3) is 3.50. The molecule has 3 unspecified atom stereocenters. The normalized spacial score (nSPS) is 23.6. The highest BCUT2D eigenvalue weighted by atomic mass is 32.1. The van der Waals surface area contributed by atoms with Gasteiger partial charge in [0.05, 0.1) is 11.8 Å². The number of fused-ring (bicyclic) bond motifs is 1. The summed E-state index contributed by atoms with van der Waals surface area (Å²) in [4.78, 5) is 9.28. The molecule has 124 valence electrons. The van der Waals surface area contributed by atoms with Crippen molar-refractivity contribution in [3.05, 3.63) is 22.1 Å². The first-order chi connectivity index (χ1) is 10.2. The second-order valence-electron chi connectivity index (χ2n) is 6.27. The summed E-state index contributed by atoms with van der Waals surface area (Å²) in [6.45, 7) is 11.3. The topological polar surface area (TPSA) is 40.8 Å². The van der Waals surface area contributed by atoms with Gasteiger partial charge in [0.15, 0.2) is 0 Å². The van der Waals surface area contributed by atoms with Gasteiger partial charge in [0.25, 0.3) is 0 Å². The van der Waals surface area contributed by atoms with Gasteiger partial charge in [-0.05, 0) is 48.1 Å². The van der Waals surface area contributed by atoms with Crippen LogP contribution in [0, 0.1) is 27.7 Å². The highest BCUT2D eigenvalue weighted by molar-refractivity contribution is 7.81. The van der Waals surface area contributed by atoms with E-state index in [-0.39, 0.29) is 6.10 Å². The molecule has 3 atom stereocenters. The number of hydrogen-bond acceptors (Lipinski definition) is 5. The van der Waals surface area contributed by atoms with Crippen molar-refractivity contribution in [2.24, 2.45) is 0 Å². The van der Waals surface area contributed by atoms with Crippen LogP contribution in [-0.4, -0.2) is 50.4 Å². The molecule has 1 saturated heterocycles. The predicted octanol–water partition coefficient (Wildman–Crippen LogP) is 3.00. The minimum absolute atomic E-state index is 0.220. The number of hydrogen-bond donors (Lipinski definition) is 2. The summed E-state index contributed by atoms with van der Waals surface area (Å²) in [6.07, 6.45) is 0.791.